The first-order valence-corrected chi connectivity index (χ1v) is 9.33. The van der Waals surface area contributed by atoms with Gasteiger partial charge in [0.25, 0.3) is 0 Å². The third kappa shape index (κ3) is 7.30. The predicted octanol–water partition coefficient (Wildman–Crippen LogP) is 2.44. The highest BCUT2D eigenvalue weighted by atomic mass is 16.5. The molecule has 0 fully saturated rings. The molecule has 7 heteroatoms. The SMILES string of the molecule is Cc1cccc(OCC(O)CN(C(=O)NCCCn2ccnc2)C(C)C)c1. The molecule has 2 rings (SSSR count). The number of benzene rings is 1. The standard InChI is InChI=1S/C20H30N4O3/c1-16(2)24(20(26)22-8-5-10-23-11-9-21-15-23)13-18(25)14-27-19-7-4-6-17(3)12-19/h4,6-7,9,11-12,15-16,18,25H,5,8,10,13-14H2,1-3H3,(H,22,26). The van der Waals surface area contributed by atoms with Crippen molar-refractivity contribution in [3.05, 3.63) is 48.5 Å². The van der Waals surface area contributed by atoms with Gasteiger partial charge in [-0.05, 0) is 44.9 Å². The normalized spacial score (nSPS) is 12.0. The molecule has 0 aliphatic rings. The van der Waals surface area contributed by atoms with E-state index in [1.165, 1.54) is 0 Å². The second-order valence-electron chi connectivity index (χ2n) is 6.91. The largest absolute Gasteiger partial charge is 0.491 e. The van der Waals surface area contributed by atoms with Crippen LogP contribution in [0.4, 0.5) is 4.79 Å². The Hall–Kier alpha value is -2.54. The lowest BCUT2D eigenvalue weighted by Crippen LogP contribution is -2.48. The summed E-state index contributed by atoms with van der Waals surface area (Å²) in [5.41, 5.74) is 1.10. The molecule has 1 unspecified atom stereocenters. The van der Waals surface area contributed by atoms with Crippen molar-refractivity contribution >= 4 is 6.03 Å². The summed E-state index contributed by atoms with van der Waals surface area (Å²) >= 11 is 0. The molecular weight excluding hydrogens is 344 g/mol. The van der Waals surface area contributed by atoms with Crippen LogP contribution in [0, 0.1) is 6.92 Å². The number of carbonyl (C=O) groups excluding carboxylic acids is 1. The van der Waals surface area contributed by atoms with Gasteiger partial charge in [0.2, 0.25) is 0 Å². The van der Waals surface area contributed by atoms with Crippen LogP contribution >= 0.6 is 0 Å². The van der Waals surface area contributed by atoms with E-state index in [1.54, 1.807) is 17.4 Å². The van der Waals surface area contributed by atoms with E-state index < -0.39 is 6.10 Å². The molecule has 1 aromatic heterocycles. The molecule has 148 valence electrons. The van der Waals surface area contributed by atoms with Crippen molar-refractivity contribution in [2.45, 2.75) is 45.9 Å². The van der Waals surface area contributed by atoms with Crippen LogP contribution in [0.15, 0.2) is 43.0 Å². The number of amides is 2. The molecule has 2 amide bonds. The number of imidazole rings is 1. The van der Waals surface area contributed by atoms with Crippen LogP contribution < -0.4 is 10.1 Å². The Kier molecular flexibility index (Phi) is 8.13. The number of aromatic nitrogens is 2. The average Bonchev–Trinajstić information content (AvgIpc) is 3.14. The molecule has 2 aromatic rings. The molecule has 7 nitrogen and oxygen atoms in total. The van der Waals surface area contributed by atoms with E-state index in [-0.39, 0.29) is 25.2 Å². The number of urea groups is 1. The number of aryl methyl sites for hydroxylation is 2. The Morgan fingerprint density at radius 2 is 2.22 bits per heavy atom. The van der Waals surface area contributed by atoms with E-state index in [4.69, 9.17) is 4.74 Å². The fraction of sp³-hybridized carbons (Fsp3) is 0.500. The Bertz CT molecular complexity index is 688. The zero-order valence-electron chi connectivity index (χ0n) is 16.3. The van der Waals surface area contributed by atoms with Gasteiger partial charge in [0.15, 0.2) is 0 Å². The fourth-order valence-electron chi connectivity index (χ4n) is 2.68. The van der Waals surface area contributed by atoms with Gasteiger partial charge in [-0.25, -0.2) is 9.78 Å². The summed E-state index contributed by atoms with van der Waals surface area (Å²) in [6, 6.07) is 7.47. The smallest absolute Gasteiger partial charge is 0.317 e. The third-order valence-corrected chi connectivity index (χ3v) is 4.15. The van der Waals surface area contributed by atoms with Gasteiger partial charge in [-0.1, -0.05) is 12.1 Å². The van der Waals surface area contributed by atoms with Gasteiger partial charge in [-0.2, -0.15) is 0 Å². The van der Waals surface area contributed by atoms with Crippen molar-refractivity contribution in [2.75, 3.05) is 19.7 Å². The summed E-state index contributed by atoms with van der Waals surface area (Å²) in [7, 11) is 0. The highest BCUT2D eigenvalue weighted by Gasteiger charge is 2.20. The monoisotopic (exact) mass is 374 g/mol. The van der Waals surface area contributed by atoms with Gasteiger partial charge in [0.1, 0.15) is 18.5 Å². The second-order valence-corrected chi connectivity index (χ2v) is 6.91. The average molecular weight is 374 g/mol. The Morgan fingerprint density at radius 3 is 2.89 bits per heavy atom. The molecule has 1 aromatic carbocycles. The van der Waals surface area contributed by atoms with Crippen LogP contribution in [0.5, 0.6) is 5.75 Å². The summed E-state index contributed by atoms with van der Waals surface area (Å²) in [5, 5.41) is 13.2. The maximum atomic E-state index is 12.4. The highest BCUT2D eigenvalue weighted by Crippen LogP contribution is 2.13. The molecule has 1 atom stereocenters. The van der Waals surface area contributed by atoms with Crippen molar-refractivity contribution in [1.82, 2.24) is 19.8 Å². The maximum Gasteiger partial charge on any atom is 0.317 e. The quantitative estimate of drug-likeness (QED) is 0.626. The number of nitrogens with zero attached hydrogens (tertiary/aromatic N) is 3. The van der Waals surface area contributed by atoms with E-state index in [0.29, 0.717) is 12.3 Å². The number of hydrogen-bond donors (Lipinski definition) is 2. The minimum absolute atomic E-state index is 0.0210. The molecule has 0 radical (unpaired) electrons. The molecular formula is C20H30N4O3. The molecule has 27 heavy (non-hydrogen) atoms. The number of ether oxygens (including phenoxy) is 1. The van der Waals surface area contributed by atoms with Crippen molar-refractivity contribution in [2.24, 2.45) is 0 Å². The first-order chi connectivity index (χ1) is 13.0. The fourth-order valence-corrected chi connectivity index (χ4v) is 2.68. The second kappa shape index (κ2) is 10.6. The van der Waals surface area contributed by atoms with Crippen molar-refractivity contribution < 1.29 is 14.6 Å². The lowest BCUT2D eigenvalue weighted by molar-refractivity contribution is 0.0690. The predicted molar refractivity (Wildman–Crippen MR) is 105 cm³/mol. The number of nitrogens with one attached hydrogen (secondary N) is 1. The zero-order chi connectivity index (χ0) is 19.6. The third-order valence-electron chi connectivity index (χ3n) is 4.15. The van der Waals surface area contributed by atoms with Gasteiger partial charge >= 0.3 is 6.03 Å². The van der Waals surface area contributed by atoms with Crippen LogP contribution in [-0.2, 0) is 6.54 Å². The molecule has 0 bridgehead atoms. The van der Waals surface area contributed by atoms with Gasteiger partial charge in [0.05, 0.1) is 12.9 Å². The minimum atomic E-state index is -0.760. The summed E-state index contributed by atoms with van der Waals surface area (Å²) in [4.78, 5) is 18.1. The van der Waals surface area contributed by atoms with Gasteiger partial charge < -0.3 is 24.6 Å². The van der Waals surface area contributed by atoms with Crippen LogP contribution in [0.3, 0.4) is 0 Å². The first-order valence-electron chi connectivity index (χ1n) is 9.33. The van der Waals surface area contributed by atoms with Crippen molar-refractivity contribution in [1.29, 1.82) is 0 Å². The van der Waals surface area contributed by atoms with Crippen LogP contribution in [-0.4, -0.2) is 57.4 Å². The van der Waals surface area contributed by atoms with Crippen molar-refractivity contribution in [3.8, 4) is 5.75 Å². The molecule has 0 spiro atoms. The zero-order valence-corrected chi connectivity index (χ0v) is 16.3. The topological polar surface area (TPSA) is 79.6 Å². The molecule has 2 N–H and O–H groups in total. The lowest BCUT2D eigenvalue weighted by atomic mass is 10.2. The Labute approximate surface area is 161 Å². The molecule has 0 aliphatic heterocycles. The first kappa shape index (κ1) is 20.8. The number of hydrogen-bond acceptors (Lipinski definition) is 4. The summed E-state index contributed by atoms with van der Waals surface area (Å²) in [6.07, 6.45) is 5.44. The molecule has 1 heterocycles. The number of carbonyl (C=O) groups is 1. The van der Waals surface area contributed by atoms with E-state index in [9.17, 15) is 9.90 Å². The van der Waals surface area contributed by atoms with Crippen LogP contribution in [0.2, 0.25) is 0 Å². The molecule has 0 saturated heterocycles. The van der Waals surface area contributed by atoms with E-state index in [1.807, 2.05) is 55.8 Å². The number of aliphatic hydroxyl groups is 1. The Morgan fingerprint density at radius 1 is 1.41 bits per heavy atom. The number of rotatable bonds is 10. The lowest BCUT2D eigenvalue weighted by Gasteiger charge is -2.29. The maximum absolute atomic E-state index is 12.4. The van der Waals surface area contributed by atoms with E-state index in [0.717, 1.165) is 18.5 Å². The van der Waals surface area contributed by atoms with E-state index >= 15 is 0 Å². The van der Waals surface area contributed by atoms with Crippen LogP contribution in [0.25, 0.3) is 0 Å². The Balaban J connectivity index is 1.74. The summed E-state index contributed by atoms with van der Waals surface area (Å²) < 4.78 is 7.60. The summed E-state index contributed by atoms with van der Waals surface area (Å²) in [6.45, 7) is 7.57. The van der Waals surface area contributed by atoms with Gasteiger partial charge in [0, 0.05) is 31.5 Å². The number of aliphatic hydroxyl groups excluding tert-OH is 1. The molecule has 0 aliphatic carbocycles. The highest BCUT2D eigenvalue weighted by molar-refractivity contribution is 5.74. The van der Waals surface area contributed by atoms with E-state index in [2.05, 4.69) is 10.3 Å². The van der Waals surface area contributed by atoms with Gasteiger partial charge in [-0.3, -0.25) is 0 Å². The van der Waals surface area contributed by atoms with Crippen molar-refractivity contribution in [3.63, 3.8) is 0 Å². The van der Waals surface area contributed by atoms with Gasteiger partial charge in [-0.15, -0.1) is 0 Å². The molecule has 0 saturated carbocycles. The minimum Gasteiger partial charge on any atom is -0.491 e. The van der Waals surface area contributed by atoms with Crippen LogP contribution in [0.1, 0.15) is 25.8 Å². The summed E-state index contributed by atoms with van der Waals surface area (Å²) in [5.74, 6) is 0.717.